The minimum absolute atomic E-state index is 0.110. The fourth-order valence-electron chi connectivity index (χ4n) is 3.30. The van der Waals surface area contributed by atoms with Gasteiger partial charge in [-0.25, -0.2) is 0 Å². The van der Waals surface area contributed by atoms with Crippen molar-refractivity contribution in [2.45, 2.75) is 19.8 Å². The maximum absolute atomic E-state index is 12.8. The number of hydrogen-bond acceptors (Lipinski definition) is 3. The van der Waals surface area contributed by atoms with E-state index in [1.807, 2.05) is 36.2 Å². The topological polar surface area (TPSA) is 32.8 Å². The molecule has 0 N–H and O–H groups in total. The molecule has 0 unspecified atom stereocenters. The predicted molar refractivity (Wildman–Crippen MR) is 111 cm³/mol. The molecule has 0 spiro atoms. The second-order valence-electron chi connectivity index (χ2n) is 6.90. The Balaban J connectivity index is 1.57. The SMILES string of the molecule is CCc1ccccc1C(=O)N(C)CCc1cccc([Si]N2CCOCC2)c1. The molecule has 2 radical (unpaired) electrons. The van der Waals surface area contributed by atoms with Gasteiger partial charge in [-0.2, -0.15) is 0 Å². The van der Waals surface area contributed by atoms with Gasteiger partial charge in [0.25, 0.3) is 5.91 Å². The van der Waals surface area contributed by atoms with Crippen LogP contribution < -0.4 is 5.19 Å². The molecule has 1 aliphatic heterocycles. The molecule has 2 aromatic carbocycles. The van der Waals surface area contributed by atoms with Crippen molar-refractivity contribution in [2.24, 2.45) is 0 Å². The lowest BCUT2D eigenvalue weighted by Crippen LogP contribution is -2.43. The average molecular weight is 381 g/mol. The first-order chi connectivity index (χ1) is 13.2. The molecule has 0 atom stereocenters. The molecule has 1 amide bonds. The molecule has 5 heteroatoms. The first-order valence-corrected chi connectivity index (χ1v) is 10.6. The third kappa shape index (κ3) is 5.51. The van der Waals surface area contributed by atoms with Gasteiger partial charge in [0.05, 0.1) is 13.2 Å². The molecule has 1 fully saturated rings. The zero-order valence-electron chi connectivity index (χ0n) is 16.3. The molecule has 0 aromatic heterocycles. The number of benzene rings is 2. The van der Waals surface area contributed by atoms with Crippen molar-refractivity contribution in [3.63, 3.8) is 0 Å². The monoisotopic (exact) mass is 380 g/mol. The molecule has 2 aromatic rings. The normalized spacial score (nSPS) is 14.9. The van der Waals surface area contributed by atoms with Gasteiger partial charge in [-0.15, -0.1) is 0 Å². The Morgan fingerprint density at radius 2 is 1.93 bits per heavy atom. The minimum atomic E-state index is 0.110. The number of likely N-dealkylation sites (N-methyl/N-ethyl adjacent to an activating group) is 1. The van der Waals surface area contributed by atoms with Crippen molar-refractivity contribution in [1.29, 1.82) is 0 Å². The van der Waals surface area contributed by atoms with Crippen molar-refractivity contribution < 1.29 is 9.53 Å². The summed E-state index contributed by atoms with van der Waals surface area (Å²) in [6.07, 6.45) is 1.75. The highest BCUT2D eigenvalue weighted by molar-refractivity contribution is 6.50. The molecule has 0 saturated carbocycles. The van der Waals surface area contributed by atoms with Crippen molar-refractivity contribution in [2.75, 3.05) is 39.9 Å². The fraction of sp³-hybridized carbons (Fsp3) is 0.409. The highest BCUT2D eigenvalue weighted by Gasteiger charge is 2.15. The Morgan fingerprint density at radius 1 is 1.15 bits per heavy atom. The summed E-state index contributed by atoms with van der Waals surface area (Å²) in [5.74, 6) is 0.110. The van der Waals surface area contributed by atoms with Gasteiger partial charge in [0.15, 0.2) is 9.68 Å². The molecule has 27 heavy (non-hydrogen) atoms. The van der Waals surface area contributed by atoms with Crippen molar-refractivity contribution in [3.05, 3.63) is 65.2 Å². The zero-order chi connectivity index (χ0) is 19.1. The third-order valence-electron chi connectivity index (χ3n) is 4.94. The number of hydrogen-bond donors (Lipinski definition) is 0. The Morgan fingerprint density at radius 3 is 2.70 bits per heavy atom. The van der Waals surface area contributed by atoms with E-state index >= 15 is 0 Å². The number of carbonyl (C=O) groups is 1. The number of morpholine rings is 1. The molecular formula is C22H28N2O2Si. The molecule has 0 bridgehead atoms. The predicted octanol–water partition coefficient (Wildman–Crippen LogP) is 2.14. The number of aryl methyl sites for hydroxylation is 1. The Bertz CT molecular complexity index is 759. The summed E-state index contributed by atoms with van der Waals surface area (Å²) < 4.78 is 7.88. The van der Waals surface area contributed by atoms with Crippen LogP contribution in [-0.2, 0) is 17.6 Å². The first kappa shape index (κ1) is 19.8. The largest absolute Gasteiger partial charge is 0.379 e. The first-order valence-electron chi connectivity index (χ1n) is 9.69. The van der Waals surface area contributed by atoms with Crippen molar-refractivity contribution >= 4 is 20.8 Å². The van der Waals surface area contributed by atoms with E-state index in [2.05, 4.69) is 35.8 Å². The number of nitrogens with zero attached hydrogens (tertiary/aromatic N) is 2. The molecule has 4 nitrogen and oxygen atoms in total. The maximum atomic E-state index is 12.8. The third-order valence-corrected chi connectivity index (χ3v) is 6.27. The van der Waals surface area contributed by atoms with Gasteiger partial charge < -0.3 is 14.2 Å². The van der Waals surface area contributed by atoms with Crippen LogP contribution in [0.25, 0.3) is 0 Å². The second kappa shape index (κ2) is 9.83. The standard InChI is InChI=1S/C22H28N2O2Si/c1-3-19-8-4-5-10-21(19)22(25)23(2)12-11-18-7-6-9-20(17-18)27-24-13-15-26-16-14-24/h4-10,17H,3,11-16H2,1-2H3. The van der Waals surface area contributed by atoms with E-state index in [-0.39, 0.29) is 5.91 Å². The van der Waals surface area contributed by atoms with Gasteiger partial charge in [0.1, 0.15) is 0 Å². The Kier molecular flexibility index (Phi) is 7.21. The van der Waals surface area contributed by atoms with E-state index in [1.165, 1.54) is 10.8 Å². The van der Waals surface area contributed by atoms with Crippen LogP contribution in [0.2, 0.25) is 0 Å². The van der Waals surface area contributed by atoms with Crippen LogP contribution in [0.1, 0.15) is 28.4 Å². The van der Waals surface area contributed by atoms with Crippen LogP contribution in [0.5, 0.6) is 0 Å². The van der Waals surface area contributed by atoms with Crippen LogP contribution in [0.15, 0.2) is 48.5 Å². The van der Waals surface area contributed by atoms with Gasteiger partial charge in [-0.05, 0) is 35.2 Å². The molecule has 1 aliphatic rings. The van der Waals surface area contributed by atoms with Crippen molar-refractivity contribution in [1.82, 2.24) is 9.47 Å². The highest BCUT2D eigenvalue weighted by Crippen LogP contribution is 2.12. The van der Waals surface area contributed by atoms with Crippen LogP contribution >= 0.6 is 0 Å². The lowest BCUT2D eigenvalue weighted by atomic mass is 10.0. The lowest BCUT2D eigenvalue weighted by Gasteiger charge is -2.26. The number of carbonyl (C=O) groups excluding carboxylic acids is 1. The zero-order valence-corrected chi connectivity index (χ0v) is 17.3. The summed E-state index contributed by atoms with van der Waals surface area (Å²) in [5, 5.41) is 1.36. The summed E-state index contributed by atoms with van der Waals surface area (Å²) in [6, 6.07) is 16.7. The van der Waals surface area contributed by atoms with Gasteiger partial charge in [-0.3, -0.25) is 4.79 Å². The van der Waals surface area contributed by atoms with Crippen LogP contribution in [-0.4, -0.2) is 64.9 Å². The van der Waals surface area contributed by atoms with E-state index in [1.54, 1.807) is 0 Å². The summed E-state index contributed by atoms with van der Waals surface area (Å²) in [4.78, 5) is 14.6. The summed E-state index contributed by atoms with van der Waals surface area (Å²) in [5.41, 5.74) is 3.23. The van der Waals surface area contributed by atoms with Crippen molar-refractivity contribution in [3.8, 4) is 0 Å². The summed E-state index contributed by atoms with van der Waals surface area (Å²) in [7, 11) is 2.59. The molecular weight excluding hydrogens is 352 g/mol. The molecule has 3 rings (SSSR count). The second-order valence-corrected chi connectivity index (χ2v) is 8.33. The van der Waals surface area contributed by atoms with Gasteiger partial charge in [-0.1, -0.05) is 49.4 Å². The van der Waals surface area contributed by atoms with E-state index < -0.39 is 0 Å². The van der Waals surface area contributed by atoms with E-state index in [4.69, 9.17) is 4.74 Å². The van der Waals surface area contributed by atoms with Crippen LogP contribution in [0, 0.1) is 0 Å². The minimum Gasteiger partial charge on any atom is -0.379 e. The average Bonchev–Trinajstić information content (AvgIpc) is 2.72. The smallest absolute Gasteiger partial charge is 0.253 e. The summed E-state index contributed by atoms with van der Waals surface area (Å²) in [6.45, 7) is 6.50. The van der Waals surface area contributed by atoms with E-state index in [0.29, 0.717) is 9.68 Å². The number of rotatable bonds is 7. The number of ether oxygens (including phenoxy) is 1. The molecule has 0 aliphatic carbocycles. The molecule has 142 valence electrons. The van der Waals surface area contributed by atoms with Gasteiger partial charge >= 0.3 is 0 Å². The summed E-state index contributed by atoms with van der Waals surface area (Å²) >= 11 is 0. The number of amides is 1. The van der Waals surface area contributed by atoms with Crippen LogP contribution in [0.3, 0.4) is 0 Å². The fourth-order valence-corrected chi connectivity index (χ4v) is 4.49. The van der Waals surface area contributed by atoms with E-state index in [9.17, 15) is 4.79 Å². The highest BCUT2D eigenvalue weighted by atomic mass is 28.2. The maximum Gasteiger partial charge on any atom is 0.253 e. The van der Waals surface area contributed by atoms with Gasteiger partial charge in [0.2, 0.25) is 0 Å². The molecule has 1 saturated heterocycles. The van der Waals surface area contributed by atoms with Gasteiger partial charge in [0, 0.05) is 32.2 Å². The quantitative estimate of drug-likeness (QED) is 0.690. The Labute approximate surface area is 165 Å². The Hall–Kier alpha value is -1.95. The van der Waals surface area contributed by atoms with E-state index in [0.717, 1.165) is 56.8 Å². The van der Waals surface area contributed by atoms with Crippen LogP contribution in [0.4, 0.5) is 0 Å². The molecule has 1 heterocycles. The lowest BCUT2D eigenvalue weighted by molar-refractivity contribution is 0.0730.